The third-order valence-corrected chi connectivity index (χ3v) is 4.21. The molecular weight excluding hydrogens is 400 g/mol. The summed E-state index contributed by atoms with van der Waals surface area (Å²) in [7, 11) is 0. The number of carbonyl (C=O) groups is 3. The lowest BCUT2D eigenvalue weighted by Crippen LogP contribution is -2.28. The number of halogens is 1. The minimum absolute atomic E-state index is 0.0140. The Labute approximate surface area is 160 Å². The third kappa shape index (κ3) is 6.00. The molecule has 0 bridgehead atoms. The highest BCUT2D eigenvalue weighted by molar-refractivity contribution is 9.10. The summed E-state index contributed by atoms with van der Waals surface area (Å²) in [5, 5.41) is 5.29. The molecule has 0 aliphatic rings. The first-order valence-corrected chi connectivity index (χ1v) is 8.80. The minimum Gasteiger partial charge on any atom is -0.456 e. The number of rotatable bonds is 7. The van der Waals surface area contributed by atoms with Crippen LogP contribution in [0.5, 0.6) is 0 Å². The first-order chi connectivity index (χ1) is 12.5. The highest BCUT2D eigenvalue weighted by atomic mass is 79.9. The molecule has 0 spiro atoms. The fourth-order valence-corrected chi connectivity index (χ4v) is 2.55. The molecule has 0 saturated carbocycles. The lowest BCUT2D eigenvalue weighted by Gasteiger charge is -2.09. The van der Waals surface area contributed by atoms with E-state index in [1.165, 1.54) is 0 Å². The van der Waals surface area contributed by atoms with E-state index in [0.29, 0.717) is 11.3 Å². The van der Waals surface area contributed by atoms with Gasteiger partial charge in [0.15, 0.2) is 6.61 Å². The van der Waals surface area contributed by atoms with E-state index in [1.807, 2.05) is 25.1 Å². The number of hydrogen-bond acceptors (Lipinski definition) is 4. The predicted octanol–water partition coefficient (Wildman–Crippen LogP) is 3.06. The van der Waals surface area contributed by atoms with E-state index in [4.69, 9.17) is 4.74 Å². The maximum absolute atomic E-state index is 12.0. The fourth-order valence-electron chi connectivity index (χ4n) is 2.17. The summed E-state index contributed by atoms with van der Waals surface area (Å²) in [6.07, 6.45) is -0.0140. The molecule has 136 valence electrons. The molecule has 6 nitrogen and oxygen atoms in total. The molecule has 2 rings (SSSR count). The molecule has 0 aliphatic heterocycles. The second-order valence-corrected chi connectivity index (χ2v) is 6.36. The Morgan fingerprint density at radius 2 is 1.73 bits per heavy atom. The Balaban J connectivity index is 1.69. The van der Waals surface area contributed by atoms with Gasteiger partial charge in [-0.3, -0.25) is 14.4 Å². The highest BCUT2D eigenvalue weighted by Gasteiger charge is 2.11. The van der Waals surface area contributed by atoms with Crippen LogP contribution in [0.4, 0.5) is 5.69 Å². The summed E-state index contributed by atoms with van der Waals surface area (Å²) in [4.78, 5) is 35.5. The lowest BCUT2D eigenvalue weighted by atomic mass is 10.1. The van der Waals surface area contributed by atoms with Crippen molar-refractivity contribution < 1.29 is 19.1 Å². The van der Waals surface area contributed by atoms with E-state index in [-0.39, 0.29) is 25.5 Å². The Bertz CT molecular complexity index is 808. The van der Waals surface area contributed by atoms with Crippen LogP contribution >= 0.6 is 15.9 Å². The van der Waals surface area contributed by atoms with Gasteiger partial charge in [0.25, 0.3) is 11.8 Å². The lowest BCUT2D eigenvalue weighted by molar-refractivity contribution is -0.147. The summed E-state index contributed by atoms with van der Waals surface area (Å²) in [5.74, 6) is -1.24. The number of hydrogen-bond donors (Lipinski definition) is 2. The molecule has 2 N–H and O–H groups in total. The minimum atomic E-state index is -0.558. The molecule has 0 fully saturated rings. The van der Waals surface area contributed by atoms with Gasteiger partial charge in [-0.1, -0.05) is 30.3 Å². The maximum atomic E-state index is 12.0. The van der Waals surface area contributed by atoms with E-state index in [2.05, 4.69) is 26.6 Å². The van der Waals surface area contributed by atoms with E-state index in [1.54, 1.807) is 30.3 Å². The van der Waals surface area contributed by atoms with Gasteiger partial charge in [0.05, 0.1) is 12.1 Å². The van der Waals surface area contributed by atoms with Crippen LogP contribution in [0.2, 0.25) is 0 Å². The fraction of sp³-hybridized carbons (Fsp3) is 0.211. The van der Waals surface area contributed by atoms with Crippen molar-refractivity contribution in [3.05, 3.63) is 64.1 Å². The van der Waals surface area contributed by atoms with Gasteiger partial charge in [-0.05, 0) is 46.6 Å². The SMILES string of the molecule is Cc1ccccc1C(=O)NCCC(=O)OCC(=O)Nc1ccccc1Br. The topological polar surface area (TPSA) is 84.5 Å². The zero-order valence-corrected chi connectivity index (χ0v) is 15.8. The molecule has 0 aromatic heterocycles. The number of anilines is 1. The monoisotopic (exact) mass is 418 g/mol. The second kappa shape index (κ2) is 9.72. The van der Waals surface area contributed by atoms with E-state index in [0.717, 1.165) is 10.0 Å². The number of carbonyl (C=O) groups excluding carboxylic acids is 3. The van der Waals surface area contributed by atoms with Crippen LogP contribution in [0, 0.1) is 6.92 Å². The third-order valence-electron chi connectivity index (χ3n) is 3.52. The average molecular weight is 419 g/mol. The van der Waals surface area contributed by atoms with Gasteiger partial charge in [-0.25, -0.2) is 0 Å². The molecule has 0 aliphatic carbocycles. The second-order valence-electron chi connectivity index (χ2n) is 5.51. The first kappa shape index (κ1) is 19.7. The summed E-state index contributed by atoms with van der Waals surface area (Å²) >= 11 is 3.31. The van der Waals surface area contributed by atoms with Crippen LogP contribution in [-0.4, -0.2) is 30.9 Å². The van der Waals surface area contributed by atoms with Gasteiger partial charge in [-0.15, -0.1) is 0 Å². The molecule has 2 aromatic carbocycles. The maximum Gasteiger partial charge on any atom is 0.308 e. The molecule has 2 aromatic rings. The summed E-state index contributed by atoms with van der Waals surface area (Å²) in [6.45, 7) is 1.59. The zero-order chi connectivity index (χ0) is 18.9. The van der Waals surface area contributed by atoms with Gasteiger partial charge >= 0.3 is 5.97 Å². The zero-order valence-electron chi connectivity index (χ0n) is 14.3. The van der Waals surface area contributed by atoms with E-state index < -0.39 is 11.9 Å². The van der Waals surface area contributed by atoms with Crippen molar-refractivity contribution in [2.45, 2.75) is 13.3 Å². The molecule has 26 heavy (non-hydrogen) atoms. The number of para-hydroxylation sites is 1. The summed E-state index contributed by atoms with van der Waals surface area (Å²) in [6, 6.07) is 14.3. The molecular formula is C19H19BrN2O4. The van der Waals surface area contributed by atoms with Crippen molar-refractivity contribution in [2.75, 3.05) is 18.5 Å². The molecule has 0 heterocycles. The number of nitrogens with one attached hydrogen (secondary N) is 2. The highest BCUT2D eigenvalue weighted by Crippen LogP contribution is 2.20. The molecule has 0 atom stereocenters. The van der Waals surface area contributed by atoms with Crippen molar-refractivity contribution in [1.29, 1.82) is 0 Å². The Morgan fingerprint density at radius 1 is 1.04 bits per heavy atom. The van der Waals surface area contributed by atoms with Gasteiger partial charge in [-0.2, -0.15) is 0 Å². The van der Waals surface area contributed by atoms with E-state index in [9.17, 15) is 14.4 Å². The van der Waals surface area contributed by atoms with Crippen molar-refractivity contribution in [2.24, 2.45) is 0 Å². The predicted molar refractivity (Wildman–Crippen MR) is 102 cm³/mol. The van der Waals surface area contributed by atoms with Crippen molar-refractivity contribution in [3.8, 4) is 0 Å². The Hall–Kier alpha value is -2.67. The number of esters is 1. The first-order valence-electron chi connectivity index (χ1n) is 8.01. The van der Waals surface area contributed by atoms with Crippen molar-refractivity contribution >= 4 is 39.4 Å². The van der Waals surface area contributed by atoms with Crippen LogP contribution in [0.25, 0.3) is 0 Å². The quantitative estimate of drug-likeness (QED) is 0.676. The number of ether oxygens (including phenoxy) is 1. The van der Waals surface area contributed by atoms with Crippen LogP contribution in [-0.2, 0) is 14.3 Å². The number of aryl methyl sites for hydroxylation is 1. The normalized spacial score (nSPS) is 10.1. The van der Waals surface area contributed by atoms with Crippen molar-refractivity contribution in [1.82, 2.24) is 5.32 Å². The van der Waals surface area contributed by atoms with Gasteiger partial charge in [0.2, 0.25) is 0 Å². The summed E-state index contributed by atoms with van der Waals surface area (Å²) in [5.41, 5.74) is 2.02. The van der Waals surface area contributed by atoms with Gasteiger partial charge < -0.3 is 15.4 Å². The molecule has 0 unspecified atom stereocenters. The average Bonchev–Trinajstić information content (AvgIpc) is 2.62. The molecule has 0 saturated heterocycles. The van der Waals surface area contributed by atoms with Crippen LogP contribution < -0.4 is 10.6 Å². The molecule has 2 amide bonds. The van der Waals surface area contributed by atoms with Crippen LogP contribution in [0.1, 0.15) is 22.3 Å². The van der Waals surface area contributed by atoms with Crippen LogP contribution in [0.15, 0.2) is 53.0 Å². The van der Waals surface area contributed by atoms with Crippen LogP contribution in [0.3, 0.4) is 0 Å². The largest absolute Gasteiger partial charge is 0.456 e. The van der Waals surface area contributed by atoms with Gasteiger partial charge in [0, 0.05) is 16.6 Å². The Kier molecular flexibility index (Phi) is 7.35. The van der Waals surface area contributed by atoms with E-state index >= 15 is 0 Å². The molecule has 7 heteroatoms. The molecule has 0 radical (unpaired) electrons. The number of amides is 2. The number of benzene rings is 2. The van der Waals surface area contributed by atoms with Gasteiger partial charge in [0.1, 0.15) is 0 Å². The summed E-state index contributed by atoms with van der Waals surface area (Å²) < 4.78 is 5.64. The smallest absolute Gasteiger partial charge is 0.308 e. The Morgan fingerprint density at radius 3 is 2.46 bits per heavy atom. The van der Waals surface area contributed by atoms with Crippen molar-refractivity contribution in [3.63, 3.8) is 0 Å². The standard InChI is InChI=1S/C19H19BrN2O4/c1-13-6-2-3-7-14(13)19(25)21-11-10-18(24)26-12-17(23)22-16-9-5-4-8-15(16)20/h2-9H,10-12H2,1H3,(H,21,25)(H,22,23).